The van der Waals surface area contributed by atoms with Gasteiger partial charge in [-0.05, 0) is 50.1 Å². The number of benzene rings is 1. The molecule has 1 aromatic rings. The Morgan fingerprint density at radius 3 is 2.66 bits per heavy atom. The van der Waals surface area contributed by atoms with Gasteiger partial charge in [0.25, 0.3) is 0 Å². The van der Waals surface area contributed by atoms with Crippen molar-refractivity contribution in [3.63, 3.8) is 0 Å². The van der Waals surface area contributed by atoms with Crippen LogP contribution in [0.3, 0.4) is 0 Å². The number of fused-ring (bicyclic) bond motifs is 1. The van der Waals surface area contributed by atoms with E-state index in [0.29, 0.717) is 11.3 Å². The Balaban J connectivity index is 1.93. The molecule has 4 N–H and O–H groups in total. The van der Waals surface area contributed by atoms with Crippen molar-refractivity contribution in [2.24, 2.45) is 5.92 Å². The van der Waals surface area contributed by atoms with Gasteiger partial charge >= 0.3 is 5.97 Å². The van der Waals surface area contributed by atoms with E-state index in [2.05, 4.69) is 0 Å². The molecule has 1 aromatic carbocycles. The number of esters is 1. The minimum Gasteiger partial charge on any atom is -0.508 e. The van der Waals surface area contributed by atoms with Gasteiger partial charge in [0.05, 0.1) is 24.4 Å². The van der Waals surface area contributed by atoms with Crippen molar-refractivity contribution >= 4 is 11.8 Å². The van der Waals surface area contributed by atoms with Gasteiger partial charge in [-0.15, -0.1) is 0 Å². The summed E-state index contributed by atoms with van der Waals surface area (Å²) in [5.41, 5.74) is -1.33. The highest BCUT2D eigenvalue weighted by Gasteiger charge is 2.51. The third-order valence-electron chi connectivity index (χ3n) is 5.15. The van der Waals surface area contributed by atoms with Crippen LogP contribution in [0.25, 0.3) is 0 Å². The maximum Gasteiger partial charge on any atom is 0.342 e. The van der Waals surface area contributed by atoms with Crippen molar-refractivity contribution in [2.75, 3.05) is 6.61 Å². The van der Waals surface area contributed by atoms with E-state index in [0.717, 1.165) is 6.07 Å². The topological polar surface area (TPSA) is 134 Å². The maximum absolute atomic E-state index is 12.7. The Labute approximate surface area is 167 Å². The average molecular weight is 404 g/mol. The fourth-order valence-electron chi connectivity index (χ4n) is 3.66. The van der Waals surface area contributed by atoms with E-state index in [4.69, 9.17) is 9.47 Å². The number of aromatic hydroxyl groups is 2. The zero-order valence-corrected chi connectivity index (χ0v) is 16.4. The van der Waals surface area contributed by atoms with Crippen molar-refractivity contribution in [3.05, 3.63) is 46.7 Å². The Kier molecular flexibility index (Phi) is 5.42. The number of aliphatic hydroxyl groups is 2. The number of aliphatic hydroxyl groups excluding tert-OH is 1. The predicted octanol–water partition coefficient (Wildman–Crippen LogP) is 1.49. The molecule has 0 fully saturated rings. The summed E-state index contributed by atoms with van der Waals surface area (Å²) in [5, 5.41) is 39.9. The third kappa shape index (κ3) is 3.99. The molecule has 2 aliphatic rings. The number of carbonyl (C=O) groups is 2. The summed E-state index contributed by atoms with van der Waals surface area (Å²) in [6.45, 7) is 4.43. The monoisotopic (exact) mass is 404 g/mol. The average Bonchev–Trinajstić information content (AvgIpc) is 2.57. The van der Waals surface area contributed by atoms with Crippen LogP contribution in [0, 0.1) is 12.8 Å². The summed E-state index contributed by atoms with van der Waals surface area (Å²) in [6, 6.07) is 2.30. The molecule has 4 atom stereocenters. The molecule has 0 aromatic heterocycles. The van der Waals surface area contributed by atoms with Crippen LogP contribution in [0.5, 0.6) is 11.5 Å². The zero-order chi connectivity index (χ0) is 21.5. The first kappa shape index (κ1) is 20.9. The van der Waals surface area contributed by atoms with Crippen LogP contribution >= 0.6 is 0 Å². The van der Waals surface area contributed by atoms with E-state index in [1.807, 2.05) is 0 Å². The molecule has 0 spiro atoms. The lowest BCUT2D eigenvalue weighted by molar-refractivity contribution is -0.151. The SMILES string of the molecule is Cc1cc(O)cc(O)c1C(=O)O[C@H]1[C@@H]2COC(CC(C)O)=CC2=CC(=O)[C@@]1(C)O. The summed E-state index contributed by atoms with van der Waals surface area (Å²) in [7, 11) is 0. The number of ether oxygens (including phenoxy) is 2. The fourth-order valence-corrected chi connectivity index (χ4v) is 3.66. The molecule has 156 valence electrons. The van der Waals surface area contributed by atoms with Crippen LogP contribution in [-0.2, 0) is 14.3 Å². The lowest BCUT2D eigenvalue weighted by Crippen LogP contribution is -2.56. The molecule has 8 nitrogen and oxygen atoms in total. The zero-order valence-electron chi connectivity index (χ0n) is 16.4. The highest BCUT2D eigenvalue weighted by atomic mass is 16.6. The van der Waals surface area contributed by atoms with Crippen molar-refractivity contribution in [3.8, 4) is 11.5 Å². The molecule has 3 rings (SSSR count). The molecule has 1 unspecified atom stereocenters. The molecule has 8 heteroatoms. The van der Waals surface area contributed by atoms with E-state index >= 15 is 0 Å². The maximum atomic E-state index is 12.7. The Morgan fingerprint density at radius 1 is 1.34 bits per heavy atom. The second-order valence-electron chi connectivity index (χ2n) is 7.72. The summed E-state index contributed by atoms with van der Waals surface area (Å²) in [6.07, 6.45) is 1.29. The number of rotatable bonds is 4. The van der Waals surface area contributed by atoms with E-state index in [-0.39, 0.29) is 29.9 Å². The van der Waals surface area contributed by atoms with Gasteiger partial charge in [0.15, 0.2) is 11.4 Å². The van der Waals surface area contributed by atoms with Crippen LogP contribution in [0.2, 0.25) is 0 Å². The van der Waals surface area contributed by atoms with E-state index in [1.54, 1.807) is 13.0 Å². The van der Waals surface area contributed by atoms with Gasteiger partial charge in [-0.25, -0.2) is 4.79 Å². The van der Waals surface area contributed by atoms with Crippen LogP contribution in [0.4, 0.5) is 0 Å². The highest BCUT2D eigenvalue weighted by Crippen LogP contribution is 2.39. The molecule has 1 aliphatic carbocycles. The number of carbonyl (C=O) groups excluding carboxylic acids is 2. The molecule has 0 saturated heterocycles. The normalized spacial score (nSPS) is 27.3. The van der Waals surface area contributed by atoms with E-state index in [1.165, 1.54) is 26.0 Å². The van der Waals surface area contributed by atoms with Crippen molar-refractivity contribution in [1.29, 1.82) is 0 Å². The number of ketones is 1. The van der Waals surface area contributed by atoms with Crippen molar-refractivity contribution in [2.45, 2.75) is 45.0 Å². The number of hydrogen-bond acceptors (Lipinski definition) is 8. The Morgan fingerprint density at radius 2 is 2.03 bits per heavy atom. The van der Waals surface area contributed by atoms with Crippen LogP contribution < -0.4 is 0 Å². The summed E-state index contributed by atoms with van der Waals surface area (Å²) in [4.78, 5) is 25.2. The van der Waals surface area contributed by atoms with Crippen molar-refractivity contribution < 1.29 is 39.5 Å². The molecule has 0 saturated carbocycles. The van der Waals surface area contributed by atoms with Gasteiger partial charge in [0.1, 0.15) is 23.2 Å². The number of hydrogen-bond donors (Lipinski definition) is 4. The van der Waals surface area contributed by atoms with Gasteiger partial charge in [-0.1, -0.05) is 0 Å². The second-order valence-corrected chi connectivity index (χ2v) is 7.72. The number of phenolic OH excluding ortho intramolecular Hbond substituents is 2. The van der Waals surface area contributed by atoms with E-state index < -0.39 is 41.2 Å². The Hall–Kier alpha value is -2.84. The lowest BCUT2D eigenvalue weighted by Gasteiger charge is -2.41. The van der Waals surface area contributed by atoms with Gasteiger partial charge in [0, 0.05) is 12.5 Å². The van der Waals surface area contributed by atoms with Gasteiger partial charge in [-0.2, -0.15) is 0 Å². The summed E-state index contributed by atoms with van der Waals surface area (Å²) < 4.78 is 11.1. The number of phenols is 2. The number of allylic oxidation sites excluding steroid dienone is 1. The largest absolute Gasteiger partial charge is 0.508 e. The highest BCUT2D eigenvalue weighted by molar-refractivity contribution is 6.00. The lowest BCUT2D eigenvalue weighted by atomic mass is 9.74. The standard InChI is InChI=1S/C21H24O8/c1-10-4-13(23)8-16(24)18(10)20(26)29-19-15-9-28-14(5-11(2)22)6-12(15)7-17(25)21(19,3)27/h4,6-8,11,15,19,22-24,27H,5,9H2,1-3H3/t11?,15-,19+,21-/m1/s1. The molecule has 1 aliphatic heterocycles. The first-order chi connectivity index (χ1) is 13.5. The van der Waals surface area contributed by atoms with Crippen LogP contribution in [-0.4, -0.2) is 56.6 Å². The van der Waals surface area contributed by atoms with Gasteiger partial charge in [0.2, 0.25) is 0 Å². The molecule has 0 amide bonds. The minimum absolute atomic E-state index is 0.0479. The molecule has 0 radical (unpaired) electrons. The minimum atomic E-state index is -1.98. The van der Waals surface area contributed by atoms with Gasteiger partial charge < -0.3 is 29.9 Å². The fraction of sp³-hybridized carbons (Fsp3) is 0.429. The first-order valence-electron chi connectivity index (χ1n) is 9.24. The quantitative estimate of drug-likeness (QED) is 0.555. The van der Waals surface area contributed by atoms with E-state index in [9.17, 15) is 30.0 Å². The Bertz CT molecular complexity index is 886. The van der Waals surface area contributed by atoms with Gasteiger partial charge in [-0.3, -0.25) is 4.79 Å². The molecule has 1 heterocycles. The summed E-state index contributed by atoms with van der Waals surface area (Å²) in [5.74, 6) is -2.35. The molecular weight excluding hydrogens is 380 g/mol. The molecular formula is C21H24O8. The molecule has 0 bridgehead atoms. The van der Waals surface area contributed by atoms with Crippen molar-refractivity contribution in [1.82, 2.24) is 0 Å². The van der Waals surface area contributed by atoms with Crippen LogP contribution in [0.15, 0.2) is 35.6 Å². The first-order valence-corrected chi connectivity index (χ1v) is 9.24. The smallest absolute Gasteiger partial charge is 0.342 e. The summed E-state index contributed by atoms with van der Waals surface area (Å²) >= 11 is 0. The number of aryl methyl sites for hydroxylation is 1. The molecule has 29 heavy (non-hydrogen) atoms. The van der Waals surface area contributed by atoms with Crippen LogP contribution in [0.1, 0.15) is 36.2 Å². The predicted molar refractivity (Wildman–Crippen MR) is 101 cm³/mol. The second kappa shape index (κ2) is 7.53. The third-order valence-corrected chi connectivity index (χ3v) is 5.15.